The minimum Gasteiger partial charge on any atom is -0.314 e. The number of hydrogen-bond donors (Lipinski definition) is 1. The number of hydrogen-bond acceptors (Lipinski definition) is 2. The molecule has 2 atom stereocenters. The van der Waals surface area contributed by atoms with Crippen LogP contribution in [0.2, 0.25) is 0 Å². The molecular weight excluding hydrogens is 238 g/mol. The van der Waals surface area contributed by atoms with Gasteiger partial charge in [-0.05, 0) is 51.3 Å². The Bertz CT molecular complexity index is 387. The van der Waals surface area contributed by atoms with Crippen LogP contribution in [0.15, 0.2) is 23.1 Å². The highest BCUT2D eigenvalue weighted by Crippen LogP contribution is 2.35. The van der Waals surface area contributed by atoms with Crippen molar-refractivity contribution in [3.05, 3.63) is 29.3 Å². The fourth-order valence-electron chi connectivity index (χ4n) is 2.74. The third kappa shape index (κ3) is 3.76. The lowest BCUT2D eigenvalue weighted by molar-refractivity contribution is 0.387. The summed E-state index contributed by atoms with van der Waals surface area (Å²) in [6, 6.07) is 7.55. The third-order valence-electron chi connectivity index (χ3n) is 3.76. The van der Waals surface area contributed by atoms with Gasteiger partial charge < -0.3 is 5.32 Å². The molecule has 1 aromatic rings. The largest absolute Gasteiger partial charge is 0.314 e. The predicted octanol–water partition coefficient (Wildman–Crippen LogP) is 4.32. The quantitative estimate of drug-likeness (QED) is 0.868. The van der Waals surface area contributed by atoms with Gasteiger partial charge in [-0.15, -0.1) is 11.8 Å². The van der Waals surface area contributed by atoms with Crippen molar-refractivity contribution in [3.63, 3.8) is 0 Å². The summed E-state index contributed by atoms with van der Waals surface area (Å²) in [5, 5.41) is 4.41. The van der Waals surface area contributed by atoms with Crippen LogP contribution >= 0.6 is 11.8 Å². The zero-order valence-corrected chi connectivity index (χ0v) is 12.6. The number of benzene rings is 1. The topological polar surface area (TPSA) is 12.0 Å². The molecule has 1 N–H and O–H groups in total. The molecule has 0 heterocycles. The molecule has 0 amide bonds. The van der Waals surface area contributed by atoms with Crippen molar-refractivity contribution < 1.29 is 0 Å². The molecule has 1 saturated carbocycles. The van der Waals surface area contributed by atoms with Gasteiger partial charge in [-0.2, -0.15) is 0 Å². The highest BCUT2D eigenvalue weighted by atomic mass is 32.2. The normalized spacial score (nSPS) is 24.2. The Balaban J connectivity index is 1.98. The molecule has 0 bridgehead atoms. The molecule has 0 spiro atoms. The lowest BCUT2D eigenvalue weighted by Gasteiger charge is -2.29. The first-order valence-electron chi connectivity index (χ1n) is 7.16. The Hall–Kier alpha value is -0.470. The highest BCUT2D eigenvalue weighted by molar-refractivity contribution is 8.00. The van der Waals surface area contributed by atoms with Gasteiger partial charge in [0.15, 0.2) is 0 Å². The fourth-order valence-corrected chi connectivity index (χ4v) is 4.22. The minimum absolute atomic E-state index is 0.742. The first-order chi connectivity index (χ1) is 8.69. The number of aryl methyl sites for hydroxylation is 2. The molecule has 0 radical (unpaired) electrons. The van der Waals surface area contributed by atoms with Gasteiger partial charge in [0.2, 0.25) is 0 Å². The Morgan fingerprint density at radius 1 is 1.28 bits per heavy atom. The molecule has 1 nitrogen and oxygen atoms in total. The van der Waals surface area contributed by atoms with E-state index in [0.29, 0.717) is 0 Å². The molecule has 2 unspecified atom stereocenters. The van der Waals surface area contributed by atoms with E-state index in [1.165, 1.54) is 41.7 Å². The SMILES string of the molecule is CCNC1CCCC(Sc2cc(C)ccc2C)C1. The Morgan fingerprint density at radius 2 is 2.11 bits per heavy atom. The molecule has 2 rings (SSSR count). The Morgan fingerprint density at radius 3 is 2.89 bits per heavy atom. The standard InChI is InChI=1S/C16H25NS/c1-4-17-14-6-5-7-15(11-14)18-16-10-12(2)8-9-13(16)3/h8-10,14-15,17H,4-7,11H2,1-3H3. The number of rotatable bonds is 4. The van der Waals surface area contributed by atoms with Gasteiger partial charge in [-0.25, -0.2) is 0 Å². The van der Waals surface area contributed by atoms with Gasteiger partial charge in [0.1, 0.15) is 0 Å². The summed E-state index contributed by atoms with van der Waals surface area (Å²) in [6.45, 7) is 7.73. The van der Waals surface area contributed by atoms with Crippen molar-refractivity contribution >= 4 is 11.8 Å². The fraction of sp³-hybridized carbons (Fsp3) is 0.625. The molecule has 1 aliphatic carbocycles. The van der Waals surface area contributed by atoms with Crippen molar-refractivity contribution in [1.82, 2.24) is 5.32 Å². The van der Waals surface area contributed by atoms with E-state index in [-0.39, 0.29) is 0 Å². The summed E-state index contributed by atoms with van der Waals surface area (Å²) >= 11 is 2.09. The molecule has 18 heavy (non-hydrogen) atoms. The number of thioether (sulfide) groups is 1. The third-order valence-corrected chi connectivity index (χ3v) is 5.21. The van der Waals surface area contributed by atoms with Gasteiger partial charge in [-0.1, -0.05) is 31.0 Å². The molecule has 1 fully saturated rings. The monoisotopic (exact) mass is 263 g/mol. The summed E-state index contributed by atoms with van der Waals surface area (Å²) in [4.78, 5) is 1.48. The summed E-state index contributed by atoms with van der Waals surface area (Å²) in [5.41, 5.74) is 2.80. The van der Waals surface area contributed by atoms with Gasteiger partial charge in [0, 0.05) is 16.2 Å². The van der Waals surface area contributed by atoms with Crippen LogP contribution < -0.4 is 5.32 Å². The molecule has 0 aromatic heterocycles. The first-order valence-corrected chi connectivity index (χ1v) is 8.04. The molecule has 1 aromatic carbocycles. The summed E-state index contributed by atoms with van der Waals surface area (Å²) in [6.07, 6.45) is 5.43. The second-order valence-electron chi connectivity index (χ2n) is 5.43. The Labute approximate surface area is 116 Å². The zero-order chi connectivity index (χ0) is 13.0. The van der Waals surface area contributed by atoms with Crippen LogP contribution in [0.4, 0.5) is 0 Å². The average Bonchev–Trinajstić information content (AvgIpc) is 2.35. The van der Waals surface area contributed by atoms with Crippen LogP contribution in [0.5, 0.6) is 0 Å². The summed E-state index contributed by atoms with van der Waals surface area (Å²) in [5.74, 6) is 0. The van der Waals surface area contributed by atoms with Crippen molar-refractivity contribution in [2.75, 3.05) is 6.54 Å². The molecule has 0 aliphatic heterocycles. The lowest BCUT2D eigenvalue weighted by Crippen LogP contribution is -2.34. The highest BCUT2D eigenvalue weighted by Gasteiger charge is 2.22. The molecule has 100 valence electrons. The van der Waals surface area contributed by atoms with Crippen molar-refractivity contribution in [2.45, 2.75) is 62.6 Å². The smallest absolute Gasteiger partial charge is 0.0109 e. The van der Waals surface area contributed by atoms with Crippen molar-refractivity contribution in [3.8, 4) is 0 Å². The molecular formula is C16H25NS. The predicted molar refractivity (Wildman–Crippen MR) is 81.5 cm³/mol. The molecule has 1 aliphatic rings. The Kier molecular flexibility index (Phi) is 5.13. The lowest BCUT2D eigenvalue weighted by atomic mass is 9.95. The van der Waals surface area contributed by atoms with E-state index in [1.54, 1.807) is 0 Å². The van der Waals surface area contributed by atoms with Crippen LogP contribution in [0.3, 0.4) is 0 Å². The van der Waals surface area contributed by atoms with E-state index >= 15 is 0 Å². The van der Waals surface area contributed by atoms with Crippen LogP contribution in [-0.4, -0.2) is 17.8 Å². The average molecular weight is 263 g/mol. The van der Waals surface area contributed by atoms with Gasteiger partial charge in [0.25, 0.3) is 0 Å². The van der Waals surface area contributed by atoms with Crippen molar-refractivity contribution in [1.29, 1.82) is 0 Å². The maximum atomic E-state index is 3.61. The second kappa shape index (κ2) is 6.63. The first kappa shape index (κ1) is 14.0. The van der Waals surface area contributed by atoms with Gasteiger partial charge >= 0.3 is 0 Å². The van der Waals surface area contributed by atoms with E-state index in [9.17, 15) is 0 Å². The molecule has 0 saturated heterocycles. The van der Waals surface area contributed by atoms with Crippen LogP contribution in [0.25, 0.3) is 0 Å². The molecule has 2 heteroatoms. The van der Waals surface area contributed by atoms with Crippen molar-refractivity contribution in [2.24, 2.45) is 0 Å². The van der Waals surface area contributed by atoms with Crippen LogP contribution in [-0.2, 0) is 0 Å². The number of nitrogens with one attached hydrogen (secondary N) is 1. The van der Waals surface area contributed by atoms with Gasteiger partial charge in [-0.3, -0.25) is 0 Å². The van der Waals surface area contributed by atoms with E-state index in [4.69, 9.17) is 0 Å². The van der Waals surface area contributed by atoms with Crippen LogP contribution in [0.1, 0.15) is 43.7 Å². The minimum atomic E-state index is 0.742. The maximum absolute atomic E-state index is 3.61. The van der Waals surface area contributed by atoms with E-state index in [1.807, 2.05) is 0 Å². The maximum Gasteiger partial charge on any atom is 0.0109 e. The zero-order valence-electron chi connectivity index (χ0n) is 11.8. The van der Waals surface area contributed by atoms with E-state index < -0.39 is 0 Å². The summed E-state index contributed by atoms with van der Waals surface area (Å²) in [7, 11) is 0. The second-order valence-corrected chi connectivity index (χ2v) is 6.77. The summed E-state index contributed by atoms with van der Waals surface area (Å²) < 4.78 is 0. The van der Waals surface area contributed by atoms with Crippen LogP contribution in [0, 0.1) is 13.8 Å². The van der Waals surface area contributed by atoms with Gasteiger partial charge in [0.05, 0.1) is 0 Å². The van der Waals surface area contributed by atoms with E-state index in [0.717, 1.165) is 17.8 Å². The van der Waals surface area contributed by atoms with E-state index in [2.05, 4.69) is 56.0 Å².